The fraction of sp³-hybridized carbons (Fsp3) is 0.625. The molecule has 1 fully saturated rings. The minimum absolute atomic E-state index is 0.867. The molecule has 1 heterocycles. The highest BCUT2D eigenvalue weighted by molar-refractivity contribution is 5.01. The van der Waals surface area contributed by atoms with Crippen LogP contribution in [0.15, 0.2) is 12.3 Å². The van der Waals surface area contributed by atoms with E-state index in [1.165, 1.54) is 19.3 Å². The van der Waals surface area contributed by atoms with Crippen molar-refractivity contribution in [2.24, 2.45) is 11.8 Å². The second-order valence-corrected chi connectivity index (χ2v) is 2.97. The van der Waals surface area contributed by atoms with E-state index < -0.39 is 0 Å². The molecule has 1 unspecified atom stereocenters. The van der Waals surface area contributed by atoms with Gasteiger partial charge in [-0.15, -0.1) is 0 Å². The quantitative estimate of drug-likeness (QED) is 0.558. The van der Waals surface area contributed by atoms with Crippen molar-refractivity contribution in [3.8, 4) is 0 Å². The summed E-state index contributed by atoms with van der Waals surface area (Å²) in [5, 5.41) is 3.09. The minimum Gasteiger partial charge on any atom is -0.386 e. The van der Waals surface area contributed by atoms with Crippen LogP contribution in [0.3, 0.4) is 0 Å². The normalized spacial score (nSPS) is 34.0. The van der Waals surface area contributed by atoms with Crippen molar-refractivity contribution < 1.29 is 0 Å². The second-order valence-electron chi connectivity index (χ2n) is 2.97. The Morgan fingerprint density at radius 1 is 1.33 bits per heavy atom. The predicted molar refractivity (Wildman–Crippen MR) is 37.4 cm³/mol. The number of allylic oxidation sites excluding steroid dienone is 1. The molecule has 1 N–H and O–H groups in total. The Morgan fingerprint density at radius 3 is 2.78 bits per heavy atom. The summed E-state index contributed by atoms with van der Waals surface area (Å²) in [4.78, 5) is 0. The van der Waals surface area contributed by atoms with Gasteiger partial charge >= 0.3 is 0 Å². The van der Waals surface area contributed by atoms with Crippen LogP contribution < -0.4 is 5.32 Å². The molecule has 0 saturated heterocycles. The van der Waals surface area contributed by atoms with Crippen molar-refractivity contribution >= 4 is 0 Å². The maximum Gasteiger partial charge on any atom is 0.0462 e. The van der Waals surface area contributed by atoms with E-state index in [1.54, 1.807) is 0 Å². The summed E-state index contributed by atoms with van der Waals surface area (Å²) >= 11 is 0. The fourth-order valence-corrected chi connectivity index (χ4v) is 1.40. The highest BCUT2D eigenvalue weighted by atomic mass is 14.8. The van der Waals surface area contributed by atoms with Crippen LogP contribution in [0.5, 0.6) is 0 Å². The third kappa shape index (κ3) is 1.09. The Morgan fingerprint density at radius 2 is 2.22 bits per heavy atom. The Hall–Kier alpha value is -0.460. The first kappa shape index (κ1) is 5.33. The van der Waals surface area contributed by atoms with Crippen LogP contribution in [0.25, 0.3) is 0 Å². The van der Waals surface area contributed by atoms with Crippen molar-refractivity contribution in [1.82, 2.24) is 5.32 Å². The molecule has 1 radical (unpaired) electrons. The van der Waals surface area contributed by atoms with E-state index in [4.69, 9.17) is 0 Å². The smallest absolute Gasteiger partial charge is 0.0462 e. The van der Waals surface area contributed by atoms with Crippen LogP contribution in [0.2, 0.25) is 0 Å². The standard InChI is InChI=1S/C8H12N/c1-2-7(1)8-3-5-9-6-4-8/h3,5-9H,1-2,4H2. The van der Waals surface area contributed by atoms with E-state index in [1.807, 2.05) is 0 Å². The Labute approximate surface area is 56.1 Å². The molecule has 1 aliphatic carbocycles. The molecular weight excluding hydrogens is 110 g/mol. The lowest BCUT2D eigenvalue weighted by Gasteiger charge is -2.15. The number of nitrogens with one attached hydrogen (secondary N) is 1. The SMILES string of the molecule is [CH]1CC(C2CC2)C=CN1. The summed E-state index contributed by atoms with van der Waals surface area (Å²) in [5.74, 6) is 1.89. The van der Waals surface area contributed by atoms with E-state index in [9.17, 15) is 0 Å². The number of rotatable bonds is 1. The maximum atomic E-state index is 3.09. The highest BCUT2D eigenvalue weighted by Gasteiger charge is 2.29. The zero-order chi connectivity index (χ0) is 6.10. The number of hydrogen-bond acceptors (Lipinski definition) is 1. The van der Waals surface area contributed by atoms with Crippen molar-refractivity contribution in [3.63, 3.8) is 0 Å². The Kier molecular flexibility index (Phi) is 1.22. The van der Waals surface area contributed by atoms with Gasteiger partial charge in [0.2, 0.25) is 0 Å². The summed E-state index contributed by atoms with van der Waals surface area (Å²) in [7, 11) is 0. The van der Waals surface area contributed by atoms with Gasteiger partial charge in [-0.25, -0.2) is 0 Å². The zero-order valence-electron chi connectivity index (χ0n) is 5.51. The zero-order valence-corrected chi connectivity index (χ0v) is 5.51. The Balaban J connectivity index is 1.94. The van der Waals surface area contributed by atoms with Crippen molar-refractivity contribution in [2.45, 2.75) is 19.3 Å². The van der Waals surface area contributed by atoms with Crippen molar-refractivity contribution in [2.75, 3.05) is 0 Å². The third-order valence-electron chi connectivity index (χ3n) is 2.18. The molecule has 1 heteroatoms. The molecule has 0 spiro atoms. The van der Waals surface area contributed by atoms with Gasteiger partial charge in [-0.1, -0.05) is 6.08 Å². The molecule has 2 aliphatic rings. The average Bonchev–Trinajstić information content (AvgIpc) is 2.71. The molecule has 9 heavy (non-hydrogen) atoms. The van der Waals surface area contributed by atoms with Gasteiger partial charge in [-0.2, -0.15) is 0 Å². The van der Waals surface area contributed by atoms with E-state index in [0.29, 0.717) is 0 Å². The predicted octanol–water partition coefficient (Wildman–Crippen LogP) is 1.68. The van der Waals surface area contributed by atoms with E-state index >= 15 is 0 Å². The van der Waals surface area contributed by atoms with Crippen LogP contribution >= 0.6 is 0 Å². The van der Waals surface area contributed by atoms with Gasteiger partial charge in [0.15, 0.2) is 0 Å². The molecule has 49 valence electrons. The molecule has 0 aromatic heterocycles. The van der Waals surface area contributed by atoms with E-state index in [-0.39, 0.29) is 0 Å². The van der Waals surface area contributed by atoms with Crippen molar-refractivity contribution in [3.05, 3.63) is 18.8 Å². The molecule has 1 nitrogen and oxygen atoms in total. The topological polar surface area (TPSA) is 12.0 Å². The van der Waals surface area contributed by atoms with Crippen LogP contribution in [-0.4, -0.2) is 0 Å². The van der Waals surface area contributed by atoms with Crippen molar-refractivity contribution in [1.29, 1.82) is 0 Å². The lowest BCUT2D eigenvalue weighted by atomic mass is 9.98. The van der Waals surface area contributed by atoms with Crippen LogP contribution in [0.4, 0.5) is 0 Å². The average molecular weight is 122 g/mol. The summed E-state index contributed by atoms with van der Waals surface area (Å²) in [6, 6.07) is 0. The van der Waals surface area contributed by atoms with Crippen LogP contribution in [0, 0.1) is 18.4 Å². The fourth-order valence-electron chi connectivity index (χ4n) is 1.40. The summed E-state index contributed by atoms with van der Waals surface area (Å²) < 4.78 is 0. The van der Waals surface area contributed by atoms with Gasteiger partial charge < -0.3 is 5.32 Å². The molecule has 0 aromatic carbocycles. The van der Waals surface area contributed by atoms with Gasteiger partial charge in [0.05, 0.1) is 0 Å². The molecule has 1 saturated carbocycles. The first-order valence-electron chi connectivity index (χ1n) is 3.71. The second kappa shape index (κ2) is 2.05. The first-order valence-corrected chi connectivity index (χ1v) is 3.71. The van der Waals surface area contributed by atoms with Gasteiger partial charge in [0.25, 0.3) is 0 Å². The molecule has 1 atom stereocenters. The molecular formula is C8H12N. The molecule has 2 rings (SSSR count). The maximum absolute atomic E-state index is 3.09. The lowest BCUT2D eigenvalue weighted by Crippen LogP contribution is -2.13. The van der Waals surface area contributed by atoms with E-state index in [0.717, 1.165) is 11.8 Å². The largest absolute Gasteiger partial charge is 0.386 e. The lowest BCUT2D eigenvalue weighted by molar-refractivity contribution is 0.529. The summed E-state index contributed by atoms with van der Waals surface area (Å²) in [6.45, 7) is 2.16. The van der Waals surface area contributed by atoms with Gasteiger partial charge in [0.1, 0.15) is 0 Å². The van der Waals surface area contributed by atoms with Gasteiger partial charge in [0, 0.05) is 6.54 Å². The molecule has 0 aromatic rings. The van der Waals surface area contributed by atoms with E-state index in [2.05, 4.69) is 24.1 Å². The first-order chi connectivity index (χ1) is 4.47. The molecule has 0 bridgehead atoms. The van der Waals surface area contributed by atoms with Gasteiger partial charge in [-0.05, 0) is 37.3 Å². The molecule has 1 aliphatic heterocycles. The summed E-state index contributed by atoms with van der Waals surface area (Å²) in [5.41, 5.74) is 0. The minimum atomic E-state index is 0.867. The van der Waals surface area contributed by atoms with Crippen LogP contribution in [-0.2, 0) is 0 Å². The Bertz CT molecular complexity index is 125. The third-order valence-corrected chi connectivity index (χ3v) is 2.18. The van der Waals surface area contributed by atoms with Gasteiger partial charge in [-0.3, -0.25) is 0 Å². The monoisotopic (exact) mass is 122 g/mol. The highest BCUT2D eigenvalue weighted by Crippen LogP contribution is 2.40. The van der Waals surface area contributed by atoms with Crippen LogP contribution in [0.1, 0.15) is 19.3 Å². The summed E-state index contributed by atoms with van der Waals surface area (Å²) in [6.07, 6.45) is 8.52. The molecule has 0 amide bonds. The number of hydrogen-bond donors (Lipinski definition) is 1.